The average Bonchev–Trinajstić information content (AvgIpc) is 2.43. The average molecular weight is 264 g/mol. The SMILES string of the molecule is CC1CN(CCOc2cccc(CN)c2)C(C)CO1. The van der Waals surface area contributed by atoms with E-state index in [0.717, 1.165) is 31.0 Å². The molecule has 1 aliphatic rings. The maximum Gasteiger partial charge on any atom is 0.119 e. The molecule has 0 aliphatic carbocycles. The van der Waals surface area contributed by atoms with Gasteiger partial charge in [-0.25, -0.2) is 0 Å². The number of nitrogens with zero attached hydrogens (tertiary/aromatic N) is 1. The minimum atomic E-state index is 0.316. The molecule has 4 heteroatoms. The fourth-order valence-electron chi connectivity index (χ4n) is 2.33. The Morgan fingerprint density at radius 3 is 3.05 bits per heavy atom. The van der Waals surface area contributed by atoms with Crippen LogP contribution in [0.15, 0.2) is 24.3 Å². The lowest BCUT2D eigenvalue weighted by atomic mass is 10.2. The Bertz CT molecular complexity index is 397. The molecule has 19 heavy (non-hydrogen) atoms. The molecule has 0 spiro atoms. The lowest BCUT2D eigenvalue weighted by Crippen LogP contribution is -2.48. The molecule has 1 aromatic rings. The van der Waals surface area contributed by atoms with E-state index in [-0.39, 0.29) is 0 Å². The summed E-state index contributed by atoms with van der Waals surface area (Å²) in [6.07, 6.45) is 0.316. The maximum atomic E-state index is 5.80. The zero-order valence-electron chi connectivity index (χ0n) is 11.8. The second-order valence-corrected chi connectivity index (χ2v) is 5.19. The first-order chi connectivity index (χ1) is 9.19. The van der Waals surface area contributed by atoms with Gasteiger partial charge in [0.05, 0.1) is 12.7 Å². The number of rotatable bonds is 5. The number of hydrogen-bond acceptors (Lipinski definition) is 4. The van der Waals surface area contributed by atoms with E-state index in [9.17, 15) is 0 Å². The Balaban J connectivity index is 1.79. The molecule has 4 nitrogen and oxygen atoms in total. The van der Waals surface area contributed by atoms with Crippen molar-refractivity contribution in [2.75, 3.05) is 26.3 Å². The van der Waals surface area contributed by atoms with Gasteiger partial charge in [0.2, 0.25) is 0 Å². The Morgan fingerprint density at radius 2 is 2.26 bits per heavy atom. The van der Waals surface area contributed by atoms with Crippen LogP contribution < -0.4 is 10.5 Å². The molecule has 1 saturated heterocycles. The highest BCUT2D eigenvalue weighted by Gasteiger charge is 2.22. The zero-order valence-corrected chi connectivity index (χ0v) is 11.8. The van der Waals surface area contributed by atoms with Gasteiger partial charge in [-0.2, -0.15) is 0 Å². The van der Waals surface area contributed by atoms with Crippen molar-refractivity contribution in [3.63, 3.8) is 0 Å². The van der Waals surface area contributed by atoms with Crippen LogP contribution in [0.4, 0.5) is 0 Å². The van der Waals surface area contributed by atoms with E-state index < -0.39 is 0 Å². The summed E-state index contributed by atoms with van der Waals surface area (Å²) in [5.41, 5.74) is 6.72. The summed E-state index contributed by atoms with van der Waals surface area (Å²) in [7, 11) is 0. The predicted octanol–water partition coefficient (Wildman–Crippen LogP) is 1.63. The summed E-state index contributed by atoms with van der Waals surface area (Å²) in [6.45, 7) is 8.28. The molecule has 2 rings (SSSR count). The van der Waals surface area contributed by atoms with E-state index >= 15 is 0 Å². The van der Waals surface area contributed by atoms with Crippen molar-refractivity contribution < 1.29 is 9.47 Å². The highest BCUT2D eigenvalue weighted by Crippen LogP contribution is 2.14. The van der Waals surface area contributed by atoms with Gasteiger partial charge in [-0.15, -0.1) is 0 Å². The van der Waals surface area contributed by atoms with Gasteiger partial charge < -0.3 is 15.2 Å². The molecule has 2 atom stereocenters. The van der Waals surface area contributed by atoms with Crippen LogP contribution in [0, 0.1) is 0 Å². The second-order valence-electron chi connectivity index (χ2n) is 5.19. The van der Waals surface area contributed by atoms with Crippen LogP contribution in [0.5, 0.6) is 5.75 Å². The van der Waals surface area contributed by atoms with Crippen molar-refractivity contribution in [2.45, 2.75) is 32.5 Å². The first-order valence-electron chi connectivity index (χ1n) is 6.96. The number of ether oxygens (including phenoxy) is 2. The van der Waals surface area contributed by atoms with E-state index in [4.69, 9.17) is 15.2 Å². The van der Waals surface area contributed by atoms with Crippen LogP contribution >= 0.6 is 0 Å². The largest absolute Gasteiger partial charge is 0.492 e. The van der Waals surface area contributed by atoms with E-state index in [1.54, 1.807) is 0 Å². The number of nitrogens with two attached hydrogens (primary N) is 1. The standard InChI is InChI=1S/C15H24N2O2/c1-12-11-19-13(2)10-17(12)6-7-18-15-5-3-4-14(8-15)9-16/h3-5,8,12-13H,6-7,9-11,16H2,1-2H3. The summed E-state index contributed by atoms with van der Waals surface area (Å²) >= 11 is 0. The lowest BCUT2D eigenvalue weighted by molar-refractivity contribution is -0.0522. The summed E-state index contributed by atoms with van der Waals surface area (Å²) in [4.78, 5) is 2.42. The highest BCUT2D eigenvalue weighted by molar-refractivity contribution is 5.28. The maximum absolute atomic E-state index is 5.80. The summed E-state index contributed by atoms with van der Waals surface area (Å²) in [5.74, 6) is 0.900. The van der Waals surface area contributed by atoms with Gasteiger partial charge in [0.25, 0.3) is 0 Å². The van der Waals surface area contributed by atoms with Gasteiger partial charge in [-0.1, -0.05) is 12.1 Å². The smallest absolute Gasteiger partial charge is 0.119 e. The molecule has 0 bridgehead atoms. The first-order valence-corrected chi connectivity index (χ1v) is 6.96. The van der Waals surface area contributed by atoms with Crippen LogP contribution in [-0.4, -0.2) is 43.3 Å². The van der Waals surface area contributed by atoms with Gasteiger partial charge in [0.1, 0.15) is 12.4 Å². The third-order valence-corrected chi connectivity index (χ3v) is 3.52. The molecule has 1 aromatic carbocycles. The van der Waals surface area contributed by atoms with E-state index in [0.29, 0.717) is 25.3 Å². The third kappa shape index (κ3) is 4.20. The van der Waals surface area contributed by atoms with Gasteiger partial charge >= 0.3 is 0 Å². The molecule has 1 aliphatic heterocycles. The van der Waals surface area contributed by atoms with Crippen molar-refractivity contribution in [1.29, 1.82) is 0 Å². The Hall–Kier alpha value is -1.10. The Kier molecular flexibility index (Phi) is 5.19. The third-order valence-electron chi connectivity index (χ3n) is 3.52. The monoisotopic (exact) mass is 264 g/mol. The molecule has 106 valence electrons. The topological polar surface area (TPSA) is 47.7 Å². The van der Waals surface area contributed by atoms with Gasteiger partial charge in [0, 0.05) is 25.7 Å². The Labute approximate surface area is 115 Å². The fourth-order valence-corrected chi connectivity index (χ4v) is 2.33. The predicted molar refractivity (Wildman–Crippen MR) is 76.3 cm³/mol. The van der Waals surface area contributed by atoms with Crippen LogP contribution in [0.3, 0.4) is 0 Å². The van der Waals surface area contributed by atoms with Crippen LogP contribution in [0.2, 0.25) is 0 Å². The second kappa shape index (κ2) is 6.89. The van der Waals surface area contributed by atoms with Gasteiger partial charge in [-0.05, 0) is 31.5 Å². The van der Waals surface area contributed by atoms with Crippen molar-refractivity contribution in [1.82, 2.24) is 4.90 Å². The van der Waals surface area contributed by atoms with Crippen molar-refractivity contribution in [3.8, 4) is 5.75 Å². The molecule has 2 unspecified atom stereocenters. The van der Waals surface area contributed by atoms with E-state index in [2.05, 4.69) is 18.7 Å². The quantitative estimate of drug-likeness (QED) is 0.878. The minimum absolute atomic E-state index is 0.316. The molecule has 0 saturated carbocycles. The summed E-state index contributed by atoms with van der Waals surface area (Å²) < 4.78 is 11.4. The zero-order chi connectivity index (χ0) is 13.7. The van der Waals surface area contributed by atoms with Crippen LogP contribution in [0.25, 0.3) is 0 Å². The fraction of sp³-hybridized carbons (Fsp3) is 0.600. The highest BCUT2D eigenvalue weighted by atomic mass is 16.5. The molecule has 0 aromatic heterocycles. The molecule has 1 heterocycles. The van der Waals surface area contributed by atoms with Crippen molar-refractivity contribution >= 4 is 0 Å². The summed E-state index contributed by atoms with van der Waals surface area (Å²) in [5, 5.41) is 0. The molecule has 0 radical (unpaired) electrons. The number of morpholine rings is 1. The lowest BCUT2D eigenvalue weighted by Gasteiger charge is -2.36. The molecule has 2 N–H and O–H groups in total. The Morgan fingerprint density at radius 1 is 1.42 bits per heavy atom. The van der Waals surface area contributed by atoms with E-state index in [1.807, 2.05) is 24.3 Å². The van der Waals surface area contributed by atoms with Gasteiger partial charge in [0.15, 0.2) is 0 Å². The van der Waals surface area contributed by atoms with Gasteiger partial charge in [-0.3, -0.25) is 4.90 Å². The number of hydrogen-bond donors (Lipinski definition) is 1. The molecular formula is C15H24N2O2. The number of benzene rings is 1. The molecule has 1 fully saturated rings. The van der Waals surface area contributed by atoms with Crippen LogP contribution in [-0.2, 0) is 11.3 Å². The summed E-state index contributed by atoms with van der Waals surface area (Å²) in [6, 6.07) is 8.45. The molecule has 0 amide bonds. The normalized spacial score (nSPS) is 24.4. The molecular weight excluding hydrogens is 240 g/mol. The van der Waals surface area contributed by atoms with Crippen LogP contribution in [0.1, 0.15) is 19.4 Å². The van der Waals surface area contributed by atoms with Crippen molar-refractivity contribution in [2.24, 2.45) is 5.73 Å². The van der Waals surface area contributed by atoms with Crippen molar-refractivity contribution in [3.05, 3.63) is 29.8 Å². The first kappa shape index (κ1) is 14.3. The van der Waals surface area contributed by atoms with E-state index in [1.165, 1.54) is 0 Å². The minimum Gasteiger partial charge on any atom is -0.492 e.